The molecule has 0 radical (unpaired) electrons. The van der Waals surface area contributed by atoms with Crippen molar-refractivity contribution < 1.29 is 14.3 Å². The third-order valence-electron chi connectivity index (χ3n) is 4.51. The highest BCUT2D eigenvalue weighted by atomic mass is 79.9. The summed E-state index contributed by atoms with van der Waals surface area (Å²) in [5, 5.41) is 8.82. The maximum Gasteiger partial charge on any atom is 0.257 e. The second-order valence-electron chi connectivity index (χ2n) is 6.73. The van der Waals surface area contributed by atoms with Crippen LogP contribution in [0.5, 0.6) is 5.75 Å². The number of benzene rings is 2. The van der Waals surface area contributed by atoms with Gasteiger partial charge in [0.25, 0.3) is 5.91 Å². The molecule has 2 amide bonds. The fourth-order valence-electron chi connectivity index (χ4n) is 2.73. The van der Waals surface area contributed by atoms with Gasteiger partial charge in [0.2, 0.25) is 5.91 Å². The molecule has 1 aliphatic carbocycles. The van der Waals surface area contributed by atoms with Crippen molar-refractivity contribution in [2.75, 3.05) is 17.2 Å². The zero-order valence-corrected chi connectivity index (χ0v) is 18.6. The van der Waals surface area contributed by atoms with Crippen LogP contribution in [0.4, 0.5) is 11.4 Å². The van der Waals surface area contributed by atoms with E-state index in [-0.39, 0.29) is 22.8 Å². The molecule has 1 fully saturated rings. The van der Waals surface area contributed by atoms with Crippen LogP contribution in [-0.2, 0) is 4.79 Å². The normalized spacial score (nSPS) is 12.8. The van der Waals surface area contributed by atoms with Crippen LogP contribution < -0.4 is 20.7 Å². The van der Waals surface area contributed by atoms with Crippen molar-refractivity contribution in [2.24, 2.45) is 5.92 Å². The number of halogens is 1. The van der Waals surface area contributed by atoms with Crippen LogP contribution in [0.2, 0.25) is 0 Å². The fourth-order valence-corrected chi connectivity index (χ4v) is 3.43. The number of hydrogen-bond acceptors (Lipinski definition) is 4. The number of carbonyl (C=O) groups is 2. The van der Waals surface area contributed by atoms with Gasteiger partial charge in [0.15, 0.2) is 5.11 Å². The van der Waals surface area contributed by atoms with E-state index in [0.717, 1.165) is 29.8 Å². The SMILES string of the molecule is CCOc1ccc(C(=O)NC(=S)Nc2cccc(NC(=O)C3CC3)c2C)cc1Br. The number of rotatable bonds is 6. The number of thiocarbonyl (C=S) groups is 1. The first-order valence-electron chi connectivity index (χ1n) is 9.34. The summed E-state index contributed by atoms with van der Waals surface area (Å²) in [6.45, 7) is 4.32. The van der Waals surface area contributed by atoms with Crippen molar-refractivity contribution in [3.05, 3.63) is 52.0 Å². The molecule has 152 valence electrons. The maximum atomic E-state index is 12.5. The van der Waals surface area contributed by atoms with Crippen molar-refractivity contribution in [2.45, 2.75) is 26.7 Å². The number of amides is 2. The molecule has 0 aromatic heterocycles. The van der Waals surface area contributed by atoms with Crippen LogP contribution in [0.25, 0.3) is 0 Å². The lowest BCUT2D eigenvalue weighted by atomic mass is 10.1. The lowest BCUT2D eigenvalue weighted by Gasteiger charge is -2.15. The summed E-state index contributed by atoms with van der Waals surface area (Å²) in [5.74, 6) is 0.509. The Balaban J connectivity index is 1.63. The van der Waals surface area contributed by atoms with Crippen molar-refractivity contribution in [1.29, 1.82) is 0 Å². The van der Waals surface area contributed by atoms with E-state index in [2.05, 4.69) is 31.9 Å². The molecule has 8 heteroatoms. The molecule has 0 saturated heterocycles. The Labute approximate surface area is 183 Å². The van der Waals surface area contributed by atoms with Gasteiger partial charge in [-0.3, -0.25) is 14.9 Å². The van der Waals surface area contributed by atoms with E-state index >= 15 is 0 Å². The molecule has 0 bridgehead atoms. The topological polar surface area (TPSA) is 79.5 Å². The first-order valence-corrected chi connectivity index (χ1v) is 10.5. The molecule has 0 spiro atoms. The first-order chi connectivity index (χ1) is 13.9. The lowest BCUT2D eigenvalue weighted by Crippen LogP contribution is -2.34. The van der Waals surface area contributed by atoms with E-state index in [1.165, 1.54) is 0 Å². The van der Waals surface area contributed by atoms with Crippen LogP contribution in [0.3, 0.4) is 0 Å². The van der Waals surface area contributed by atoms with Crippen LogP contribution in [0.15, 0.2) is 40.9 Å². The molecule has 3 rings (SSSR count). The van der Waals surface area contributed by atoms with Crippen LogP contribution in [0.1, 0.15) is 35.7 Å². The standard InChI is InChI=1S/C21H22BrN3O3S/c1-3-28-18-10-9-14(11-15(18)22)20(27)25-21(29)24-17-6-4-5-16(12(17)2)23-19(26)13-7-8-13/h4-6,9-11,13H,3,7-8H2,1-2H3,(H,23,26)(H2,24,25,27,29). The van der Waals surface area contributed by atoms with E-state index in [0.29, 0.717) is 22.4 Å². The average Bonchev–Trinajstić information content (AvgIpc) is 3.52. The van der Waals surface area contributed by atoms with Gasteiger partial charge in [0.05, 0.1) is 11.1 Å². The number of ether oxygens (including phenoxy) is 1. The van der Waals surface area contributed by atoms with Gasteiger partial charge >= 0.3 is 0 Å². The van der Waals surface area contributed by atoms with Crippen LogP contribution >= 0.6 is 28.1 Å². The Bertz CT molecular complexity index is 960. The van der Waals surface area contributed by atoms with Crippen LogP contribution in [-0.4, -0.2) is 23.5 Å². The summed E-state index contributed by atoms with van der Waals surface area (Å²) >= 11 is 8.69. The van der Waals surface area contributed by atoms with E-state index in [4.69, 9.17) is 17.0 Å². The number of anilines is 2. The molecule has 1 aliphatic rings. The van der Waals surface area contributed by atoms with Gasteiger partial charge in [-0.25, -0.2) is 0 Å². The van der Waals surface area contributed by atoms with Crippen molar-refractivity contribution >= 4 is 56.4 Å². The second-order valence-corrected chi connectivity index (χ2v) is 7.99. The number of nitrogens with one attached hydrogen (secondary N) is 3. The molecule has 0 heterocycles. The lowest BCUT2D eigenvalue weighted by molar-refractivity contribution is -0.117. The molecule has 3 N–H and O–H groups in total. The van der Waals surface area contributed by atoms with Gasteiger partial charge in [0.1, 0.15) is 5.75 Å². The van der Waals surface area contributed by atoms with Gasteiger partial charge in [-0.1, -0.05) is 6.07 Å². The summed E-state index contributed by atoms with van der Waals surface area (Å²) in [6, 6.07) is 10.6. The summed E-state index contributed by atoms with van der Waals surface area (Å²) < 4.78 is 6.15. The van der Waals surface area contributed by atoms with Gasteiger partial charge in [-0.05, 0) is 90.7 Å². The Morgan fingerprint density at radius 1 is 1.17 bits per heavy atom. The Kier molecular flexibility index (Phi) is 6.87. The zero-order valence-electron chi connectivity index (χ0n) is 16.2. The Hall–Kier alpha value is -2.45. The van der Waals surface area contributed by atoms with Crippen molar-refractivity contribution in [3.8, 4) is 5.75 Å². The van der Waals surface area contributed by atoms with Crippen molar-refractivity contribution in [1.82, 2.24) is 5.32 Å². The predicted octanol–water partition coefficient (Wildman–Crippen LogP) is 4.63. The van der Waals surface area contributed by atoms with Gasteiger partial charge < -0.3 is 15.4 Å². The summed E-state index contributed by atoms with van der Waals surface area (Å²) in [7, 11) is 0. The summed E-state index contributed by atoms with van der Waals surface area (Å²) in [6.07, 6.45) is 1.89. The Morgan fingerprint density at radius 2 is 1.86 bits per heavy atom. The Morgan fingerprint density at radius 3 is 2.48 bits per heavy atom. The quantitative estimate of drug-likeness (QED) is 0.530. The first kappa shape index (κ1) is 21.3. The van der Waals surface area contributed by atoms with Crippen LogP contribution in [0, 0.1) is 12.8 Å². The molecule has 2 aromatic rings. The third-order valence-corrected chi connectivity index (χ3v) is 5.33. The molecule has 0 unspecified atom stereocenters. The number of carbonyl (C=O) groups excluding carboxylic acids is 2. The second kappa shape index (κ2) is 9.37. The van der Waals surface area contributed by atoms with Gasteiger partial charge in [0, 0.05) is 22.9 Å². The van der Waals surface area contributed by atoms with E-state index < -0.39 is 0 Å². The minimum Gasteiger partial charge on any atom is -0.493 e. The molecule has 2 aromatic carbocycles. The minimum atomic E-state index is -0.331. The molecule has 6 nitrogen and oxygen atoms in total. The monoisotopic (exact) mass is 475 g/mol. The number of hydrogen-bond donors (Lipinski definition) is 3. The summed E-state index contributed by atoms with van der Waals surface area (Å²) in [5.41, 5.74) is 2.75. The molecule has 0 aliphatic heterocycles. The average molecular weight is 476 g/mol. The molecule has 29 heavy (non-hydrogen) atoms. The smallest absolute Gasteiger partial charge is 0.257 e. The van der Waals surface area contributed by atoms with E-state index in [1.54, 1.807) is 18.2 Å². The molecular weight excluding hydrogens is 454 g/mol. The molecular formula is C21H22BrN3O3S. The van der Waals surface area contributed by atoms with E-state index in [1.807, 2.05) is 32.0 Å². The zero-order chi connectivity index (χ0) is 21.0. The van der Waals surface area contributed by atoms with E-state index in [9.17, 15) is 9.59 Å². The van der Waals surface area contributed by atoms with Gasteiger partial charge in [-0.15, -0.1) is 0 Å². The molecule has 1 saturated carbocycles. The van der Waals surface area contributed by atoms with Gasteiger partial charge in [-0.2, -0.15) is 0 Å². The maximum absolute atomic E-state index is 12.5. The minimum absolute atomic E-state index is 0.0437. The highest BCUT2D eigenvalue weighted by Crippen LogP contribution is 2.31. The van der Waals surface area contributed by atoms with Crippen molar-refractivity contribution in [3.63, 3.8) is 0 Å². The fraction of sp³-hybridized carbons (Fsp3) is 0.286. The summed E-state index contributed by atoms with van der Waals surface area (Å²) in [4.78, 5) is 24.5. The highest BCUT2D eigenvalue weighted by molar-refractivity contribution is 9.10. The predicted molar refractivity (Wildman–Crippen MR) is 122 cm³/mol. The highest BCUT2D eigenvalue weighted by Gasteiger charge is 2.29. The molecule has 0 atom stereocenters. The third kappa shape index (κ3) is 5.55. The largest absolute Gasteiger partial charge is 0.493 e.